The first-order valence-electron chi connectivity index (χ1n) is 3.06. The van der Waals surface area contributed by atoms with Crippen LogP contribution in [0.2, 0.25) is 0 Å². The molecule has 0 aliphatic carbocycles. The molecule has 0 saturated carbocycles. The van der Waals surface area contributed by atoms with Gasteiger partial charge in [-0.1, -0.05) is 104 Å². The monoisotopic (exact) mass is 407 g/mol. The molecular formula is C5Cl9O2. The van der Waals surface area contributed by atoms with Gasteiger partial charge < -0.3 is 4.74 Å². The van der Waals surface area contributed by atoms with Gasteiger partial charge in [0.05, 0.1) is 0 Å². The van der Waals surface area contributed by atoms with Crippen molar-refractivity contribution in [3.8, 4) is 0 Å². The molecule has 0 spiro atoms. The zero-order valence-corrected chi connectivity index (χ0v) is 13.5. The third-order valence-electron chi connectivity index (χ3n) is 1.29. The van der Waals surface area contributed by atoms with Gasteiger partial charge in [0, 0.05) is 0 Å². The summed E-state index contributed by atoms with van der Waals surface area (Å²) in [7, 11) is 0. The van der Waals surface area contributed by atoms with E-state index in [0.29, 0.717) is 0 Å². The van der Waals surface area contributed by atoms with Gasteiger partial charge in [0.15, 0.2) is 0 Å². The van der Waals surface area contributed by atoms with Gasteiger partial charge in [-0.2, -0.15) is 0 Å². The summed E-state index contributed by atoms with van der Waals surface area (Å²) in [6.07, 6.45) is 0. The van der Waals surface area contributed by atoms with Gasteiger partial charge in [0.25, 0.3) is 4.52 Å². The molecular weight excluding hydrogens is 411 g/mol. The fraction of sp³-hybridized carbons (Fsp3) is 0.800. The van der Waals surface area contributed by atoms with Crippen LogP contribution in [-0.2, 0) is 9.53 Å². The predicted molar refractivity (Wildman–Crippen MR) is 70.4 cm³/mol. The Morgan fingerprint density at radius 2 is 1.12 bits per heavy atom. The van der Waals surface area contributed by atoms with Gasteiger partial charge in [0.2, 0.25) is 12.5 Å². The van der Waals surface area contributed by atoms with Gasteiger partial charge in [-0.25, -0.2) is 4.79 Å². The first kappa shape index (κ1) is 18.1. The van der Waals surface area contributed by atoms with E-state index in [1.54, 1.807) is 0 Å². The molecule has 11 heteroatoms. The Labute approximate surface area is 136 Å². The second-order valence-corrected chi connectivity index (χ2v) is 8.54. The smallest absolute Gasteiger partial charge is 0.417 e. The van der Waals surface area contributed by atoms with Crippen LogP contribution in [0.5, 0.6) is 0 Å². The van der Waals surface area contributed by atoms with Gasteiger partial charge in [0.1, 0.15) is 0 Å². The summed E-state index contributed by atoms with van der Waals surface area (Å²) in [5, 5.41) is 0. The van der Waals surface area contributed by atoms with E-state index in [1.165, 1.54) is 0 Å². The number of halogens is 9. The molecule has 0 heterocycles. The van der Waals surface area contributed by atoms with E-state index < -0.39 is 17.0 Å². The highest BCUT2D eigenvalue weighted by Crippen LogP contribution is 2.62. The Morgan fingerprint density at radius 1 is 0.750 bits per heavy atom. The molecule has 0 aliphatic heterocycles. The van der Waals surface area contributed by atoms with Crippen molar-refractivity contribution < 1.29 is 9.53 Å². The number of alkyl halides is 9. The average molecular weight is 411 g/mol. The molecule has 0 bridgehead atoms. The van der Waals surface area contributed by atoms with Crippen LogP contribution in [0.4, 0.5) is 0 Å². The lowest BCUT2D eigenvalue weighted by atomic mass is 10.3. The molecule has 2 nitrogen and oxygen atoms in total. The normalized spacial score (nSPS) is 14.8. The van der Waals surface area contributed by atoms with Crippen molar-refractivity contribution in [1.82, 2.24) is 0 Å². The Balaban J connectivity index is 5.42. The topological polar surface area (TPSA) is 26.3 Å². The standard InChI is InChI=1S/C5Cl9O2/c6-2(7,4(10,11)12)3(8,9)5(13,14)16-1-15. The Bertz CT molecular complexity index is 268. The molecule has 0 saturated heterocycles. The van der Waals surface area contributed by atoms with Crippen LogP contribution in [0.25, 0.3) is 0 Å². The van der Waals surface area contributed by atoms with Crippen LogP contribution in [0, 0.1) is 0 Å². The third-order valence-corrected chi connectivity index (χ3v) is 6.44. The average Bonchev–Trinajstić information content (AvgIpc) is 2.01. The van der Waals surface area contributed by atoms with E-state index >= 15 is 0 Å². The molecule has 0 unspecified atom stereocenters. The number of hydrogen-bond acceptors (Lipinski definition) is 2. The summed E-state index contributed by atoms with van der Waals surface area (Å²) in [4.78, 5) is 10.0. The lowest BCUT2D eigenvalue weighted by molar-refractivity contribution is 0.187. The largest absolute Gasteiger partial charge is 0.420 e. The van der Waals surface area contributed by atoms with E-state index in [9.17, 15) is 4.79 Å². The fourth-order valence-electron chi connectivity index (χ4n) is 0.477. The quantitative estimate of drug-likeness (QED) is 0.615. The molecule has 0 atom stereocenters. The minimum absolute atomic E-state index is 0.908. The Kier molecular flexibility index (Phi) is 6.33. The Morgan fingerprint density at radius 3 is 1.38 bits per heavy atom. The molecule has 0 aliphatic rings. The van der Waals surface area contributed by atoms with Gasteiger partial charge >= 0.3 is 6.47 Å². The first-order valence-corrected chi connectivity index (χ1v) is 6.46. The van der Waals surface area contributed by atoms with Crippen LogP contribution in [0.15, 0.2) is 0 Å². The minimum Gasteiger partial charge on any atom is -0.417 e. The van der Waals surface area contributed by atoms with Crippen molar-refractivity contribution in [3.63, 3.8) is 0 Å². The maximum atomic E-state index is 10.0. The van der Waals surface area contributed by atoms with E-state index in [1.807, 2.05) is 0 Å². The molecule has 0 aromatic carbocycles. The highest BCUT2D eigenvalue weighted by Gasteiger charge is 2.70. The molecule has 0 aromatic rings. The zero-order chi connectivity index (χ0) is 13.4. The maximum absolute atomic E-state index is 10.0. The summed E-state index contributed by atoms with van der Waals surface area (Å²) in [6.45, 7) is 0.908. The summed E-state index contributed by atoms with van der Waals surface area (Å²) in [5.41, 5.74) is 0. The zero-order valence-electron chi connectivity index (χ0n) is 6.72. The summed E-state index contributed by atoms with van der Waals surface area (Å²) in [6, 6.07) is 0. The number of carbonyl (C=O) groups excluding carboxylic acids is 1. The van der Waals surface area contributed by atoms with Crippen LogP contribution in [0.1, 0.15) is 0 Å². The van der Waals surface area contributed by atoms with Crippen molar-refractivity contribution in [3.05, 3.63) is 0 Å². The number of hydrogen-bond donors (Lipinski definition) is 0. The fourth-order valence-corrected chi connectivity index (χ4v) is 2.36. The van der Waals surface area contributed by atoms with Crippen molar-refractivity contribution >= 4 is 111 Å². The van der Waals surface area contributed by atoms with Crippen LogP contribution < -0.4 is 0 Å². The Hall–Kier alpha value is 2.08. The summed E-state index contributed by atoms with van der Waals surface area (Å²) >= 11 is 49.9. The van der Waals surface area contributed by atoms with Crippen molar-refractivity contribution in [2.45, 2.75) is 17.0 Å². The van der Waals surface area contributed by atoms with Crippen molar-refractivity contribution in [2.24, 2.45) is 0 Å². The predicted octanol–water partition coefficient (Wildman–Crippen LogP) is 4.92. The number of ether oxygens (including phenoxy) is 1. The second kappa shape index (κ2) is 5.60. The SMILES string of the molecule is O=[C]OC(Cl)(Cl)C(Cl)(Cl)C(Cl)(Cl)C(Cl)(Cl)Cl. The lowest BCUT2D eigenvalue weighted by Crippen LogP contribution is -2.57. The van der Waals surface area contributed by atoms with Gasteiger partial charge in [-0.15, -0.1) is 0 Å². The molecule has 0 aromatic heterocycles. The van der Waals surface area contributed by atoms with E-state index in [2.05, 4.69) is 4.74 Å². The summed E-state index contributed by atoms with van der Waals surface area (Å²) < 4.78 is -5.87. The molecule has 0 fully saturated rings. The van der Waals surface area contributed by atoms with Crippen LogP contribution >= 0.6 is 104 Å². The van der Waals surface area contributed by atoms with E-state index in [0.717, 1.165) is 6.47 Å². The van der Waals surface area contributed by atoms with Crippen LogP contribution in [-0.4, -0.2) is 23.5 Å². The molecule has 1 radical (unpaired) electrons. The van der Waals surface area contributed by atoms with E-state index in [4.69, 9.17) is 104 Å². The second-order valence-electron chi connectivity index (χ2n) is 2.35. The lowest BCUT2D eigenvalue weighted by Gasteiger charge is -2.41. The highest BCUT2D eigenvalue weighted by molar-refractivity contribution is 6.80. The highest BCUT2D eigenvalue weighted by atomic mass is 35.6. The summed E-state index contributed by atoms with van der Waals surface area (Å²) in [5.74, 6) is 0. The first-order chi connectivity index (χ1) is 6.81. The maximum Gasteiger partial charge on any atom is 0.420 e. The van der Waals surface area contributed by atoms with Gasteiger partial charge in [-0.3, -0.25) is 0 Å². The molecule has 0 rings (SSSR count). The number of rotatable bonds is 4. The van der Waals surface area contributed by atoms with Crippen molar-refractivity contribution in [2.75, 3.05) is 0 Å². The van der Waals surface area contributed by atoms with Crippen LogP contribution in [0.3, 0.4) is 0 Å². The van der Waals surface area contributed by atoms with Crippen molar-refractivity contribution in [1.29, 1.82) is 0 Å². The molecule has 95 valence electrons. The molecule has 16 heavy (non-hydrogen) atoms. The third kappa shape index (κ3) is 3.34. The molecule has 0 amide bonds. The minimum atomic E-state index is -2.58. The van der Waals surface area contributed by atoms with E-state index in [-0.39, 0.29) is 0 Å². The van der Waals surface area contributed by atoms with Gasteiger partial charge in [-0.05, 0) is 0 Å². The molecule has 0 N–H and O–H groups in total.